The van der Waals surface area contributed by atoms with E-state index in [1.165, 1.54) is 0 Å². The Labute approximate surface area is 184 Å². The molecule has 7 nitrogen and oxygen atoms in total. The van der Waals surface area contributed by atoms with E-state index in [0.29, 0.717) is 18.8 Å². The van der Waals surface area contributed by atoms with Crippen LogP contribution in [0.2, 0.25) is 0 Å². The summed E-state index contributed by atoms with van der Waals surface area (Å²) in [5, 5.41) is 0. The lowest BCUT2D eigenvalue weighted by molar-refractivity contribution is 0.481. The molecule has 1 atom stereocenters. The Morgan fingerprint density at radius 1 is 1.17 bits per heavy atom. The second-order valence-corrected chi connectivity index (χ2v) is 9.98. The Balaban J connectivity index is 1.74. The molecule has 3 N–H and O–H groups in total. The molecule has 9 heteroatoms. The highest BCUT2D eigenvalue weighted by molar-refractivity contribution is 9.10. The molecule has 0 bridgehead atoms. The molecule has 2 heterocycles. The van der Waals surface area contributed by atoms with Gasteiger partial charge in [0.25, 0.3) is 10.1 Å². The van der Waals surface area contributed by atoms with Gasteiger partial charge in [-0.1, -0.05) is 52.3 Å². The van der Waals surface area contributed by atoms with Gasteiger partial charge in [0.1, 0.15) is 5.84 Å². The van der Waals surface area contributed by atoms with Gasteiger partial charge in [-0.3, -0.25) is 14.4 Å². The van der Waals surface area contributed by atoms with Gasteiger partial charge in [-0.2, -0.15) is 8.42 Å². The van der Waals surface area contributed by atoms with Crippen LogP contribution < -0.4 is 5.73 Å². The molecule has 0 saturated heterocycles. The van der Waals surface area contributed by atoms with Crippen molar-refractivity contribution in [2.45, 2.75) is 24.8 Å². The molecule has 2 aliphatic heterocycles. The maximum atomic E-state index is 10.9. The van der Waals surface area contributed by atoms with Crippen molar-refractivity contribution in [3.8, 4) is 0 Å². The van der Waals surface area contributed by atoms with Gasteiger partial charge in [-0.15, -0.1) is 0 Å². The van der Waals surface area contributed by atoms with Crippen LogP contribution in [0.4, 0.5) is 0 Å². The topological polar surface area (TPSA) is 108 Å². The summed E-state index contributed by atoms with van der Waals surface area (Å²) in [6.45, 7) is 1.52. The summed E-state index contributed by atoms with van der Waals surface area (Å²) in [4.78, 5) is 11.7. The number of guanidine groups is 1. The molecule has 2 aromatic rings. The first-order valence-electron chi connectivity index (χ1n) is 9.78. The van der Waals surface area contributed by atoms with Crippen LogP contribution in [0.5, 0.6) is 0 Å². The van der Waals surface area contributed by atoms with Crippen LogP contribution in [-0.2, 0) is 22.1 Å². The highest BCUT2D eigenvalue weighted by Gasteiger charge is 2.49. The van der Waals surface area contributed by atoms with Crippen molar-refractivity contribution in [3.63, 3.8) is 0 Å². The van der Waals surface area contributed by atoms with Gasteiger partial charge in [0.05, 0.1) is 5.75 Å². The molecule has 4 rings (SSSR count). The molecular formula is C21H23BrN4O3S. The van der Waals surface area contributed by atoms with Crippen molar-refractivity contribution < 1.29 is 13.0 Å². The lowest BCUT2D eigenvalue weighted by Crippen LogP contribution is -2.46. The lowest BCUT2D eigenvalue weighted by atomic mass is 9.81. The molecule has 0 radical (unpaired) electrons. The Hall–Kier alpha value is -2.23. The van der Waals surface area contributed by atoms with Crippen molar-refractivity contribution in [3.05, 3.63) is 69.7 Å². The number of amidine groups is 1. The molecule has 1 unspecified atom stereocenters. The van der Waals surface area contributed by atoms with E-state index in [1.54, 1.807) is 0 Å². The lowest BCUT2D eigenvalue weighted by Gasteiger charge is -2.33. The third kappa shape index (κ3) is 4.01. The van der Waals surface area contributed by atoms with E-state index in [4.69, 9.17) is 20.3 Å². The van der Waals surface area contributed by atoms with Crippen molar-refractivity contribution in [1.82, 2.24) is 4.90 Å². The Bertz CT molecular complexity index is 1120. The zero-order valence-electron chi connectivity index (χ0n) is 16.3. The number of aliphatic imine (C=N–C) groups is 2. The van der Waals surface area contributed by atoms with E-state index < -0.39 is 15.7 Å². The maximum Gasteiger partial charge on any atom is 0.264 e. The normalized spacial score (nSPS) is 21.2. The van der Waals surface area contributed by atoms with Gasteiger partial charge in [0.15, 0.2) is 11.5 Å². The van der Waals surface area contributed by atoms with Gasteiger partial charge in [0, 0.05) is 17.6 Å². The summed E-state index contributed by atoms with van der Waals surface area (Å²) in [5.74, 6) is 1.05. The summed E-state index contributed by atoms with van der Waals surface area (Å²) in [7, 11) is -3.94. The molecule has 158 valence electrons. The molecule has 2 aliphatic rings. The number of halogens is 1. The first kappa shape index (κ1) is 21.0. The van der Waals surface area contributed by atoms with Crippen LogP contribution in [-0.4, -0.2) is 48.5 Å². The number of benzene rings is 2. The molecule has 0 aromatic heterocycles. The Kier molecular flexibility index (Phi) is 5.69. The molecule has 0 fully saturated rings. The SMILES string of the molecule is NC1=NC(c2ccc(CCCS(=O)(=O)O)cc2)(c2cccc(Br)c2)C2=NCCCN12. The van der Waals surface area contributed by atoms with Crippen molar-refractivity contribution in [1.29, 1.82) is 0 Å². The van der Waals surface area contributed by atoms with Crippen LogP contribution in [0.3, 0.4) is 0 Å². The molecule has 0 saturated carbocycles. The second kappa shape index (κ2) is 8.13. The molecule has 30 heavy (non-hydrogen) atoms. The number of hydrogen-bond acceptors (Lipinski definition) is 6. The predicted octanol–water partition coefficient (Wildman–Crippen LogP) is 2.95. The fourth-order valence-corrected chi connectivity index (χ4v) is 4.97. The van der Waals surface area contributed by atoms with Crippen LogP contribution in [0.15, 0.2) is 63.0 Å². The van der Waals surface area contributed by atoms with Crippen molar-refractivity contribution in [2.75, 3.05) is 18.8 Å². The van der Waals surface area contributed by atoms with Gasteiger partial charge in [-0.05, 0) is 48.1 Å². The van der Waals surface area contributed by atoms with E-state index >= 15 is 0 Å². The molecule has 0 spiro atoms. The minimum absolute atomic E-state index is 0.247. The monoisotopic (exact) mass is 490 g/mol. The smallest absolute Gasteiger partial charge is 0.264 e. The van der Waals surface area contributed by atoms with Gasteiger partial charge >= 0.3 is 0 Å². The molecular weight excluding hydrogens is 468 g/mol. The van der Waals surface area contributed by atoms with E-state index in [-0.39, 0.29) is 5.75 Å². The number of nitrogens with zero attached hydrogens (tertiary/aromatic N) is 3. The van der Waals surface area contributed by atoms with Gasteiger partial charge < -0.3 is 5.73 Å². The summed E-state index contributed by atoms with van der Waals surface area (Å²) < 4.78 is 31.8. The third-order valence-electron chi connectivity index (χ3n) is 5.42. The first-order chi connectivity index (χ1) is 14.3. The first-order valence-corrected chi connectivity index (χ1v) is 12.2. The molecule has 0 aliphatic carbocycles. The van der Waals surface area contributed by atoms with Crippen LogP contribution in [0.1, 0.15) is 29.5 Å². The highest BCUT2D eigenvalue weighted by atomic mass is 79.9. The second-order valence-electron chi connectivity index (χ2n) is 7.49. The quantitative estimate of drug-likeness (QED) is 0.605. The molecule has 0 amide bonds. The van der Waals surface area contributed by atoms with Gasteiger partial charge in [0.2, 0.25) is 0 Å². The van der Waals surface area contributed by atoms with Crippen LogP contribution in [0, 0.1) is 0 Å². The van der Waals surface area contributed by atoms with Crippen molar-refractivity contribution in [2.24, 2.45) is 15.7 Å². The minimum Gasteiger partial charge on any atom is -0.369 e. The Morgan fingerprint density at radius 3 is 2.63 bits per heavy atom. The number of hydrogen-bond donors (Lipinski definition) is 2. The number of fused-ring (bicyclic) bond motifs is 1. The number of nitrogens with two attached hydrogens (primary N) is 1. The highest BCUT2D eigenvalue weighted by Crippen LogP contribution is 2.42. The fourth-order valence-electron chi connectivity index (χ4n) is 4.06. The number of aryl methyl sites for hydroxylation is 1. The predicted molar refractivity (Wildman–Crippen MR) is 121 cm³/mol. The maximum absolute atomic E-state index is 10.9. The largest absolute Gasteiger partial charge is 0.369 e. The Morgan fingerprint density at radius 2 is 1.93 bits per heavy atom. The molecule has 2 aromatic carbocycles. The summed E-state index contributed by atoms with van der Waals surface area (Å²) >= 11 is 3.56. The van der Waals surface area contributed by atoms with E-state index in [2.05, 4.69) is 15.9 Å². The standard InChI is InChI=1S/C21H23BrN4O3S/c22-18-6-1-5-17(14-18)21(19-24-11-3-12-26(19)20(23)25-21)16-9-7-15(8-10-16)4-2-13-30(27,28)29/h1,5-10,14H,2-4,11-13H2,(H2,23,25)(H,27,28,29). The fraction of sp³-hybridized carbons (Fsp3) is 0.333. The van der Waals surface area contributed by atoms with E-state index in [0.717, 1.165) is 46.5 Å². The van der Waals surface area contributed by atoms with E-state index in [1.807, 2.05) is 53.4 Å². The summed E-state index contributed by atoms with van der Waals surface area (Å²) in [6, 6.07) is 16.0. The van der Waals surface area contributed by atoms with Crippen LogP contribution >= 0.6 is 15.9 Å². The summed E-state index contributed by atoms with van der Waals surface area (Å²) in [6.07, 6.45) is 1.85. The van der Waals surface area contributed by atoms with Crippen LogP contribution in [0.25, 0.3) is 0 Å². The summed E-state index contributed by atoms with van der Waals surface area (Å²) in [5.41, 5.74) is 8.41. The van der Waals surface area contributed by atoms with E-state index in [9.17, 15) is 8.42 Å². The van der Waals surface area contributed by atoms with Crippen molar-refractivity contribution >= 4 is 37.8 Å². The minimum atomic E-state index is -3.94. The number of rotatable bonds is 6. The average Bonchev–Trinajstić information content (AvgIpc) is 3.02. The zero-order chi connectivity index (χ0) is 21.4. The van der Waals surface area contributed by atoms with Gasteiger partial charge in [-0.25, -0.2) is 4.99 Å². The average molecular weight is 491 g/mol. The zero-order valence-corrected chi connectivity index (χ0v) is 18.7. The third-order valence-corrected chi connectivity index (χ3v) is 6.72.